The molecule has 2 rings (SSSR count). The van der Waals surface area contributed by atoms with E-state index in [2.05, 4.69) is 27.9 Å². The smallest absolute Gasteiger partial charge is 0.139 e. The Labute approximate surface area is 122 Å². The number of benzene rings is 1. The molecule has 1 aliphatic rings. The third kappa shape index (κ3) is 2.59. The van der Waals surface area contributed by atoms with Crippen LogP contribution in [0, 0.1) is 12.8 Å². The van der Waals surface area contributed by atoms with Crippen LogP contribution in [0.15, 0.2) is 10.5 Å². The van der Waals surface area contributed by atoms with Crippen molar-refractivity contribution in [3.8, 4) is 11.5 Å². The maximum absolute atomic E-state index is 10.4. The molecule has 5 heteroatoms. The second-order valence-electron chi connectivity index (χ2n) is 5.25. The fraction of sp³-hybridized carbons (Fsp3) is 0.571. The zero-order valence-electron chi connectivity index (χ0n) is 11.6. The quantitative estimate of drug-likeness (QED) is 0.894. The average molecular weight is 329 g/mol. The molecule has 0 amide bonds. The van der Waals surface area contributed by atoms with E-state index in [0.29, 0.717) is 24.0 Å². The van der Waals surface area contributed by atoms with Gasteiger partial charge in [0.15, 0.2) is 0 Å². The van der Waals surface area contributed by atoms with Gasteiger partial charge >= 0.3 is 0 Å². The molecular formula is C14H21BrN2O2. The van der Waals surface area contributed by atoms with E-state index in [0.717, 1.165) is 28.6 Å². The predicted octanol–water partition coefficient (Wildman–Crippen LogP) is 2.42. The zero-order valence-corrected chi connectivity index (χ0v) is 13.2. The molecule has 1 saturated heterocycles. The Kier molecular flexibility index (Phi) is 4.38. The van der Waals surface area contributed by atoms with Gasteiger partial charge in [0.05, 0.1) is 11.6 Å². The minimum Gasteiger partial charge on any atom is -0.507 e. The lowest BCUT2D eigenvalue weighted by molar-refractivity contribution is 0.304. The molecule has 0 bridgehead atoms. The van der Waals surface area contributed by atoms with Gasteiger partial charge in [-0.15, -0.1) is 0 Å². The van der Waals surface area contributed by atoms with Crippen LogP contribution >= 0.6 is 15.9 Å². The van der Waals surface area contributed by atoms with Crippen LogP contribution in [0.1, 0.15) is 23.6 Å². The van der Waals surface area contributed by atoms with Crippen molar-refractivity contribution in [1.82, 2.24) is 4.90 Å². The van der Waals surface area contributed by atoms with Gasteiger partial charge in [-0.2, -0.15) is 0 Å². The van der Waals surface area contributed by atoms with E-state index in [1.807, 2.05) is 13.0 Å². The maximum atomic E-state index is 10.4. The van der Waals surface area contributed by atoms with Gasteiger partial charge in [-0.3, -0.25) is 4.90 Å². The van der Waals surface area contributed by atoms with E-state index in [-0.39, 0.29) is 6.04 Å². The van der Waals surface area contributed by atoms with Crippen LogP contribution in [0.5, 0.6) is 11.5 Å². The van der Waals surface area contributed by atoms with Crippen LogP contribution in [0.2, 0.25) is 0 Å². The van der Waals surface area contributed by atoms with Crippen LogP contribution < -0.4 is 10.5 Å². The summed E-state index contributed by atoms with van der Waals surface area (Å²) < 4.78 is 6.18. The van der Waals surface area contributed by atoms with Crippen molar-refractivity contribution in [3.05, 3.63) is 21.7 Å². The number of halogens is 1. The molecule has 4 nitrogen and oxygen atoms in total. The molecular weight excluding hydrogens is 308 g/mol. The van der Waals surface area contributed by atoms with E-state index < -0.39 is 0 Å². The summed E-state index contributed by atoms with van der Waals surface area (Å²) in [7, 11) is 3.69. The Hall–Kier alpha value is -0.780. The van der Waals surface area contributed by atoms with Crippen LogP contribution in [-0.2, 0) is 0 Å². The summed E-state index contributed by atoms with van der Waals surface area (Å²) in [6, 6.07) is 2.18. The molecule has 0 aromatic heterocycles. The molecule has 0 radical (unpaired) electrons. The van der Waals surface area contributed by atoms with E-state index >= 15 is 0 Å². The Morgan fingerprint density at radius 1 is 1.58 bits per heavy atom. The molecule has 1 heterocycles. The second kappa shape index (κ2) is 5.69. The van der Waals surface area contributed by atoms with Crippen LogP contribution in [0.3, 0.4) is 0 Å². The normalized spacial score (nSPS) is 23.8. The summed E-state index contributed by atoms with van der Waals surface area (Å²) in [5, 5.41) is 10.4. The van der Waals surface area contributed by atoms with Crippen LogP contribution in [0.25, 0.3) is 0 Å². The summed E-state index contributed by atoms with van der Waals surface area (Å²) in [6.07, 6.45) is 0.985. The average Bonchev–Trinajstić information content (AvgIpc) is 2.76. The first-order chi connectivity index (χ1) is 8.99. The van der Waals surface area contributed by atoms with Gasteiger partial charge in [-0.1, -0.05) is 0 Å². The number of ether oxygens (including phenoxy) is 1. The Morgan fingerprint density at radius 3 is 2.79 bits per heavy atom. The first-order valence-electron chi connectivity index (χ1n) is 6.45. The molecule has 0 spiro atoms. The number of aromatic hydroxyl groups is 1. The second-order valence-corrected chi connectivity index (χ2v) is 6.10. The number of hydrogen-bond acceptors (Lipinski definition) is 4. The fourth-order valence-electron chi connectivity index (χ4n) is 2.92. The van der Waals surface area contributed by atoms with Crippen LogP contribution in [-0.4, -0.2) is 37.3 Å². The third-order valence-electron chi connectivity index (χ3n) is 4.00. The highest BCUT2D eigenvalue weighted by Crippen LogP contribution is 2.44. The highest BCUT2D eigenvalue weighted by Gasteiger charge is 2.32. The number of nitrogens with zero attached hydrogens (tertiary/aromatic N) is 1. The molecule has 2 unspecified atom stereocenters. The number of methoxy groups -OCH3 is 1. The lowest BCUT2D eigenvalue weighted by atomic mass is 9.97. The van der Waals surface area contributed by atoms with E-state index in [1.165, 1.54) is 0 Å². The first kappa shape index (κ1) is 14.6. The van der Waals surface area contributed by atoms with Gasteiger partial charge in [-0.25, -0.2) is 0 Å². The van der Waals surface area contributed by atoms with Gasteiger partial charge in [-0.05, 0) is 54.9 Å². The number of phenolic OH excluding ortho intramolecular Hbond substituents is 1. The van der Waals surface area contributed by atoms with Crippen molar-refractivity contribution in [2.75, 3.05) is 27.2 Å². The lowest BCUT2D eigenvalue weighted by Crippen LogP contribution is -2.20. The molecule has 106 valence electrons. The minimum atomic E-state index is 0.217. The highest BCUT2D eigenvalue weighted by atomic mass is 79.9. The predicted molar refractivity (Wildman–Crippen MR) is 79.6 cm³/mol. The lowest BCUT2D eigenvalue weighted by Gasteiger charge is -2.23. The molecule has 1 aromatic carbocycles. The van der Waals surface area contributed by atoms with Gasteiger partial charge in [0.1, 0.15) is 11.5 Å². The summed E-state index contributed by atoms with van der Waals surface area (Å²) in [5.74, 6) is 1.52. The van der Waals surface area contributed by atoms with Crippen molar-refractivity contribution in [1.29, 1.82) is 0 Å². The number of rotatable bonds is 3. The monoisotopic (exact) mass is 328 g/mol. The van der Waals surface area contributed by atoms with E-state index in [1.54, 1.807) is 7.11 Å². The van der Waals surface area contributed by atoms with Crippen molar-refractivity contribution in [2.45, 2.75) is 19.4 Å². The number of hydrogen-bond donors (Lipinski definition) is 2. The highest BCUT2D eigenvalue weighted by molar-refractivity contribution is 9.10. The van der Waals surface area contributed by atoms with Crippen LogP contribution in [0.4, 0.5) is 0 Å². The number of likely N-dealkylation sites (tertiary alicyclic amines) is 1. The molecule has 2 atom stereocenters. The van der Waals surface area contributed by atoms with Crippen molar-refractivity contribution in [3.63, 3.8) is 0 Å². The van der Waals surface area contributed by atoms with Gasteiger partial charge in [0.25, 0.3) is 0 Å². The molecule has 0 saturated carbocycles. The Balaban J connectivity index is 2.41. The van der Waals surface area contributed by atoms with Crippen molar-refractivity contribution < 1.29 is 9.84 Å². The molecule has 1 fully saturated rings. The van der Waals surface area contributed by atoms with E-state index in [9.17, 15) is 5.11 Å². The number of phenols is 1. The standard InChI is InChI=1S/C14H21BrN2O2/c1-8-13(18)10(5-11(15)14(8)19-3)12-4-9(6-16)7-17(12)2/h5,9,12,18H,4,6-7,16H2,1-3H3. The molecule has 0 aliphatic carbocycles. The maximum Gasteiger partial charge on any atom is 0.139 e. The van der Waals surface area contributed by atoms with E-state index in [4.69, 9.17) is 10.5 Å². The molecule has 19 heavy (non-hydrogen) atoms. The largest absolute Gasteiger partial charge is 0.507 e. The van der Waals surface area contributed by atoms with Gasteiger partial charge in [0, 0.05) is 23.7 Å². The summed E-state index contributed by atoms with van der Waals surface area (Å²) in [5.41, 5.74) is 7.48. The zero-order chi connectivity index (χ0) is 14.2. The Morgan fingerprint density at radius 2 is 2.26 bits per heavy atom. The first-order valence-corrected chi connectivity index (χ1v) is 7.25. The summed E-state index contributed by atoms with van der Waals surface area (Å²) in [6.45, 7) is 3.54. The molecule has 1 aliphatic heterocycles. The fourth-order valence-corrected chi connectivity index (χ4v) is 3.62. The Bertz CT molecular complexity index is 479. The molecule has 3 N–H and O–H groups in total. The van der Waals surface area contributed by atoms with Crippen molar-refractivity contribution in [2.24, 2.45) is 11.7 Å². The molecule has 1 aromatic rings. The third-order valence-corrected chi connectivity index (χ3v) is 4.59. The minimum absolute atomic E-state index is 0.217. The van der Waals surface area contributed by atoms with Gasteiger partial charge in [0.2, 0.25) is 0 Å². The SMILES string of the molecule is COc1c(Br)cc(C2CC(CN)CN2C)c(O)c1C. The van der Waals surface area contributed by atoms with Crippen molar-refractivity contribution >= 4 is 15.9 Å². The summed E-state index contributed by atoms with van der Waals surface area (Å²) >= 11 is 3.51. The summed E-state index contributed by atoms with van der Waals surface area (Å²) in [4.78, 5) is 2.25. The topological polar surface area (TPSA) is 58.7 Å². The van der Waals surface area contributed by atoms with Gasteiger partial charge < -0.3 is 15.6 Å². The number of nitrogens with two attached hydrogens (primary N) is 1.